The summed E-state index contributed by atoms with van der Waals surface area (Å²) in [5, 5.41) is 10.1. The highest BCUT2D eigenvalue weighted by Crippen LogP contribution is 2.25. The number of hydrogen-bond acceptors (Lipinski definition) is 6. The van der Waals surface area contributed by atoms with E-state index in [0.717, 1.165) is 17.7 Å². The van der Waals surface area contributed by atoms with Crippen molar-refractivity contribution in [2.75, 3.05) is 0 Å². The van der Waals surface area contributed by atoms with E-state index >= 15 is 0 Å². The number of carbonyl (C=O) groups is 1. The van der Waals surface area contributed by atoms with Gasteiger partial charge in [-0.25, -0.2) is 17.9 Å². The molecule has 0 unspecified atom stereocenters. The predicted molar refractivity (Wildman–Crippen MR) is 131 cm³/mol. The molecular weight excluding hydrogens is 466 g/mol. The quantitative estimate of drug-likeness (QED) is 0.320. The van der Waals surface area contributed by atoms with Crippen LogP contribution in [0.5, 0.6) is 17.2 Å². The van der Waals surface area contributed by atoms with E-state index in [4.69, 9.17) is 9.47 Å². The zero-order valence-electron chi connectivity index (χ0n) is 18.6. The molecule has 178 valence electrons. The van der Waals surface area contributed by atoms with Crippen LogP contribution in [0.3, 0.4) is 0 Å². The molecule has 4 aromatic rings. The maximum absolute atomic E-state index is 12.7. The summed E-state index contributed by atoms with van der Waals surface area (Å²) in [5.41, 5.74) is 1.21. The van der Waals surface area contributed by atoms with Gasteiger partial charge in [-0.1, -0.05) is 60.7 Å². The van der Waals surface area contributed by atoms with Crippen LogP contribution in [-0.4, -0.2) is 19.5 Å². The predicted octanol–water partition coefficient (Wildman–Crippen LogP) is 5.02. The molecule has 0 saturated carbocycles. The number of ether oxygens (including phenoxy) is 2. The molecule has 0 aliphatic rings. The zero-order valence-corrected chi connectivity index (χ0v) is 19.4. The van der Waals surface area contributed by atoms with Gasteiger partial charge in [0.25, 0.3) is 0 Å². The molecule has 7 nitrogen and oxygen atoms in total. The Kier molecular flexibility index (Phi) is 7.45. The first-order valence-electron chi connectivity index (χ1n) is 10.8. The van der Waals surface area contributed by atoms with Gasteiger partial charge in [-0.3, -0.25) is 0 Å². The van der Waals surface area contributed by atoms with Crippen molar-refractivity contribution in [1.29, 1.82) is 0 Å². The smallest absolute Gasteiger partial charge is 0.342 e. The molecule has 0 aliphatic heterocycles. The van der Waals surface area contributed by atoms with E-state index in [2.05, 4.69) is 4.72 Å². The average molecular weight is 490 g/mol. The number of phenols is 1. The lowest BCUT2D eigenvalue weighted by Crippen LogP contribution is -2.23. The summed E-state index contributed by atoms with van der Waals surface area (Å²) in [5.74, 6) is 0.0193. The lowest BCUT2D eigenvalue weighted by atomic mass is 10.2. The van der Waals surface area contributed by atoms with Gasteiger partial charge in [0, 0.05) is 6.54 Å². The van der Waals surface area contributed by atoms with E-state index in [1.165, 1.54) is 6.07 Å². The molecule has 0 amide bonds. The van der Waals surface area contributed by atoms with Crippen molar-refractivity contribution < 1.29 is 27.8 Å². The van der Waals surface area contributed by atoms with Gasteiger partial charge in [0.2, 0.25) is 10.0 Å². The standard InChI is InChI=1S/C27H23NO6S/c29-26-15-14-24(35(31,32)28-18-20-8-3-1-4-9-20)17-25(26)27(30)33-19-21-10-7-13-23(16-21)34-22-11-5-2-6-12-22/h1-17,28-29H,18-19H2. The molecule has 4 aromatic carbocycles. The van der Waals surface area contributed by atoms with Gasteiger partial charge >= 0.3 is 5.97 Å². The largest absolute Gasteiger partial charge is 0.507 e. The maximum Gasteiger partial charge on any atom is 0.342 e. The number of carbonyl (C=O) groups excluding carboxylic acids is 1. The van der Waals surface area contributed by atoms with Crippen molar-refractivity contribution in [3.63, 3.8) is 0 Å². The first kappa shape index (κ1) is 24.0. The van der Waals surface area contributed by atoms with Crippen LogP contribution in [0.2, 0.25) is 0 Å². The van der Waals surface area contributed by atoms with Crippen molar-refractivity contribution in [3.8, 4) is 17.2 Å². The highest BCUT2D eigenvalue weighted by atomic mass is 32.2. The third kappa shape index (κ3) is 6.47. The monoisotopic (exact) mass is 489 g/mol. The third-order valence-corrected chi connectivity index (χ3v) is 6.45. The van der Waals surface area contributed by atoms with Crippen molar-refractivity contribution in [2.24, 2.45) is 0 Å². The summed E-state index contributed by atoms with van der Waals surface area (Å²) in [6, 6.07) is 28.8. The van der Waals surface area contributed by atoms with Gasteiger partial charge in [-0.2, -0.15) is 0 Å². The summed E-state index contributed by atoms with van der Waals surface area (Å²) in [6.45, 7) is -0.00127. The third-order valence-electron chi connectivity index (χ3n) is 5.05. The van der Waals surface area contributed by atoms with E-state index in [9.17, 15) is 18.3 Å². The van der Waals surface area contributed by atoms with E-state index < -0.39 is 16.0 Å². The number of phenolic OH excluding ortho intramolecular Hbond substituents is 1. The van der Waals surface area contributed by atoms with Gasteiger partial charge in [-0.15, -0.1) is 0 Å². The lowest BCUT2D eigenvalue weighted by molar-refractivity contribution is 0.0469. The lowest BCUT2D eigenvalue weighted by Gasteiger charge is -2.11. The minimum absolute atomic E-state index is 0.0885. The molecule has 35 heavy (non-hydrogen) atoms. The Balaban J connectivity index is 1.42. The molecule has 4 rings (SSSR count). The summed E-state index contributed by atoms with van der Waals surface area (Å²) in [7, 11) is -3.92. The molecule has 0 spiro atoms. The van der Waals surface area contributed by atoms with Crippen molar-refractivity contribution in [2.45, 2.75) is 18.0 Å². The molecule has 0 aliphatic carbocycles. The van der Waals surface area contributed by atoms with Crippen molar-refractivity contribution in [3.05, 3.63) is 120 Å². The van der Waals surface area contributed by atoms with E-state index in [1.807, 2.05) is 48.5 Å². The summed E-state index contributed by atoms with van der Waals surface area (Å²) in [6.07, 6.45) is 0. The first-order valence-corrected chi connectivity index (χ1v) is 12.2. The highest BCUT2D eigenvalue weighted by molar-refractivity contribution is 7.89. The van der Waals surface area contributed by atoms with Gasteiger partial charge in [0.1, 0.15) is 29.4 Å². The van der Waals surface area contributed by atoms with E-state index in [-0.39, 0.29) is 29.4 Å². The summed E-state index contributed by atoms with van der Waals surface area (Å²) in [4.78, 5) is 12.5. The topological polar surface area (TPSA) is 102 Å². The second kappa shape index (κ2) is 10.9. The Morgan fingerprint density at radius 3 is 2.17 bits per heavy atom. The SMILES string of the molecule is O=C(OCc1cccc(Oc2ccccc2)c1)c1cc(S(=O)(=O)NCc2ccccc2)ccc1O. The molecular formula is C27H23NO6S. The van der Waals surface area contributed by atoms with Gasteiger partial charge in [0.05, 0.1) is 4.90 Å². The second-order valence-electron chi connectivity index (χ2n) is 7.63. The number of aromatic hydroxyl groups is 1. The molecule has 0 bridgehead atoms. The van der Waals surface area contributed by atoms with Crippen LogP contribution in [0, 0.1) is 0 Å². The van der Waals surface area contributed by atoms with Gasteiger partial charge in [-0.05, 0) is 53.6 Å². The molecule has 0 atom stereocenters. The number of sulfonamides is 1. The second-order valence-corrected chi connectivity index (χ2v) is 9.39. The Morgan fingerprint density at radius 2 is 1.43 bits per heavy atom. The summed E-state index contributed by atoms with van der Waals surface area (Å²) >= 11 is 0. The average Bonchev–Trinajstić information content (AvgIpc) is 2.88. The van der Waals surface area contributed by atoms with Crippen LogP contribution in [0.1, 0.15) is 21.5 Å². The molecule has 0 heterocycles. The molecule has 8 heteroatoms. The van der Waals surface area contributed by atoms with Crippen LogP contribution in [0.15, 0.2) is 108 Å². The number of nitrogens with one attached hydrogen (secondary N) is 1. The van der Waals surface area contributed by atoms with Crippen LogP contribution < -0.4 is 9.46 Å². The van der Waals surface area contributed by atoms with Crippen LogP contribution in [-0.2, 0) is 27.9 Å². The number of rotatable bonds is 9. The molecule has 0 radical (unpaired) electrons. The number of para-hydroxylation sites is 1. The fourth-order valence-corrected chi connectivity index (χ4v) is 4.30. The number of hydrogen-bond donors (Lipinski definition) is 2. The Morgan fingerprint density at radius 1 is 0.771 bits per heavy atom. The van der Waals surface area contributed by atoms with Gasteiger partial charge in [0.15, 0.2) is 0 Å². The molecule has 0 aromatic heterocycles. The number of benzene rings is 4. The fraction of sp³-hybridized carbons (Fsp3) is 0.0741. The van der Waals surface area contributed by atoms with Crippen LogP contribution in [0.25, 0.3) is 0 Å². The Hall–Kier alpha value is -4.14. The van der Waals surface area contributed by atoms with Crippen LogP contribution >= 0.6 is 0 Å². The molecule has 0 fully saturated rings. The summed E-state index contributed by atoms with van der Waals surface area (Å²) < 4.78 is 39.0. The Labute approximate surface area is 203 Å². The van der Waals surface area contributed by atoms with Gasteiger partial charge < -0.3 is 14.6 Å². The fourth-order valence-electron chi connectivity index (χ4n) is 3.25. The van der Waals surface area contributed by atoms with E-state index in [0.29, 0.717) is 17.1 Å². The van der Waals surface area contributed by atoms with Crippen LogP contribution in [0.4, 0.5) is 0 Å². The highest BCUT2D eigenvalue weighted by Gasteiger charge is 2.20. The minimum atomic E-state index is -3.92. The molecule has 2 N–H and O–H groups in total. The van der Waals surface area contributed by atoms with Crippen molar-refractivity contribution >= 4 is 16.0 Å². The number of esters is 1. The normalized spacial score (nSPS) is 11.1. The molecule has 0 saturated heterocycles. The maximum atomic E-state index is 12.7. The Bertz CT molecular complexity index is 1410. The minimum Gasteiger partial charge on any atom is -0.507 e. The first-order chi connectivity index (χ1) is 16.9. The van der Waals surface area contributed by atoms with Crippen molar-refractivity contribution in [1.82, 2.24) is 4.72 Å². The zero-order chi connectivity index (χ0) is 24.7. The van der Waals surface area contributed by atoms with E-state index in [1.54, 1.807) is 36.4 Å².